The quantitative estimate of drug-likeness (QED) is 0.654. The van der Waals surface area contributed by atoms with E-state index in [1.165, 1.54) is 11.5 Å². The molecular weight excluding hydrogens is 272 g/mol. The summed E-state index contributed by atoms with van der Waals surface area (Å²) in [7, 11) is 1.82. The molecule has 0 aliphatic carbocycles. The fourth-order valence-corrected chi connectivity index (χ4v) is 2.85. The summed E-state index contributed by atoms with van der Waals surface area (Å²) in [4.78, 5) is 1.02. The number of nitrogens with one attached hydrogen (secondary N) is 1. The van der Waals surface area contributed by atoms with Gasteiger partial charge in [0.1, 0.15) is 5.15 Å². The molecule has 8 heteroatoms. The summed E-state index contributed by atoms with van der Waals surface area (Å²) in [6.45, 7) is 3.85. The molecule has 1 unspecified atom stereocenters. The number of hydrogen-bond donors (Lipinski definition) is 2. The Kier molecular flexibility index (Phi) is 3.96. The van der Waals surface area contributed by atoms with Crippen LogP contribution >= 0.6 is 23.1 Å². The van der Waals surface area contributed by atoms with Crippen LogP contribution in [0, 0.1) is 13.8 Å². The Labute approximate surface area is 114 Å². The van der Waals surface area contributed by atoms with Crippen LogP contribution < -0.4 is 11.3 Å². The number of nitrogens with zero attached hydrogens (tertiary/aromatic N) is 4. The van der Waals surface area contributed by atoms with Crippen LogP contribution in [-0.4, -0.2) is 19.4 Å². The van der Waals surface area contributed by atoms with Gasteiger partial charge in [0.25, 0.3) is 0 Å². The van der Waals surface area contributed by atoms with Crippen molar-refractivity contribution < 1.29 is 0 Å². The van der Waals surface area contributed by atoms with Crippen molar-refractivity contribution in [2.24, 2.45) is 12.9 Å². The van der Waals surface area contributed by atoms with Gasteiger partial charge in [-0.1, -0.05) is 16.1 Å². The topological polar surface area (TPSA) is 81.7 Å². The zero-order chi connectivity index (χ0) is 13.3. The van der Waals surface area contributed by atoms with E-state index in [-0.39, 0.29) is 6.04 Å². The lowest BCUT2D eigenvalue weighted by Gasteiger charge is -2.14. The highest BCUT2D eigenvalue weighted by Crippen LogP contribution is 2.27. The largest absolute Gasteiger partial charge is 0.271 e. The predicted molar refractivity (Wildman–Crippen MR) is 71.4 cm³/mol. The molecule has 0 radical (unpaired) electrons. The third kappa shape index (κ3) is 2.39. The highest BCUT2D eigenvalue weighted by atomic mass is 35.5. The van der Waals surface area contributed by atoms with Gasteiger partial charge in [-0.3, -0.25) is 16.0 Å². The van der Waals surface area contributed by atoms with Crippen molar-refractivity contribution >= 4 is 23.1 Å². The number of nitrogens with two attached hydrogens (primary N) is 1. The maximum Gasteiger partial charge on any atom is 0.130 e. The Bertz CT molecular complexity index is 549. The highest BCUT2D eigenvalue weighted by Gasteiger charge is 2.21. The second-order valence-corrected chi connectivity index (χ2v) is 5.27. The van der Waals surface area contributed by atoms with Crippen molar-refractivity contribution in [2.45, 2.75) is 26.3 Å². The number of hydrogen-bond acceptors (Lipinski definition) is 6. The van der Waals surface area contributed by atoms with E-state index in [0.717, 1.165) is 21.8 Å². The van der Waals surface area contributed by atoms with Crippen molar-refractivity contribution in [1.82, 2.24) is 24.8 Å². The first-order chi connectivity index (χ1) is 8.54. The monoisotopic (exact) mass is 286 g/mol. The molecular formula is C10H15ClN6S. The van der Waals surface area contributed by atoms with Crippen molar-refractivity contribution in [3.05, 3.63) is 27.0 Å². The smallest absolute Gasteiger partial charge is 0.130 e. The van der Waals surface area contributed by atoms with Gasteiger partial charge in [-0.25, -0.2) is 0 Å². The third-order valence-electron chi connectivity index (χ3n) is 2.88. The standard InChI is InChI=1S/C10H15ClN6S/c1-5-7(10(11)17(3)15-5)4-8(13-12)9-6(2)14-16-18-9/h8,13H,4,12H2,1-3H3. The summed E-state index contributed by atoms with van der Waals surface area (Å²) in [5, 5.41) is 8.93. The van der Waals surface area contributed by atoms with Crippen molar-refractivity contribution in [2.75, 3.05) is 0 Å². The summed E-state index contributed by atoms with van der Waals surface area (Å²) in [6.07, 6.45) is 0.666. The lowest BCUT2D eigenvalue weighted by molar-refractivity contribution is 0.556. The Morgan fingerprint density at radius 3 is 2.61 bits per heavy atom. The molecule has 0 bridgehead atoms. The van der Waals surface area contributed by atoms with E-state index in [4.69, 9.17) is 17.4 Å². The summed E-state index contributed by atoms with van der Waals surface area (Å²) in [5.74, 6) is 5.62. The Morgan fingerprint density at radius 2 is 2.17 bits per heavy atom. The number of aryl methyl sites for hydroxylation is 3. The van der Waals surface area contributed by atoms with E-state index >= 15 is 0 Å². The maximum absolute atomic E-state index is 6.22. The van der Waals surface area contributed by atoms with Crippen LogP contribution in [0.1, 0.15) is 27.9 Å². The fourth-order valence-electron chi connectivity index (χ4n) is 1.89. The summed E-state index contributed by atoms with van der Waals surface area (Å²) < 4.78 is 5.59. The molecule has 3 N–H and O–H groups in total. The van der Waals surface area contributed by atoms with Crippen LogP contribution in [0.15, 0.2) is 0 Å². The second-order valence-electron chi connectivity index (χ2n) is 4.12. The summed E-state index contributed by atoms with van der Waals surface area (Å²) in [5.41, 5.74) is 5.59. The second kappa shape index (κ2) is 5.31. The minimum Gasteiger partial charge on any atom is -0.271 e. The van der Waals surface area contributed by atoms with E-state index in [0.29, 0.717) is 11.6 Å². The molecule has 18 heavy (non-hydrogen) atoms. The first-order valence-corrected chi connectivity index (χ1v) is 6.62. The molecule has 0 spiro atoms. The molecule has 1 atom stereocenters. The van der Waals surface area contributed by atoms with Gasteiger partial charge in [-0.05, 0) is 31.8 Å². The van der Waals surface area contributed by atoms with E-state index < -0.39 is 0 Å². The van der Waals surface area contributed by atoms with Crippen LogP contribution in [-0.2, 0) is 13.5 Å². The lowest BCUT2D eigenvalue weighted by atomic mass is 10.1. The zero-order valence-electron chi connectivity index (χ0n) is 10.4. The lowest BCUT2D eigenvalue weighted by Crippen LogP contribution is -2.29. The molecule has 98 valence electrons. The van der Waals surface area contributed by atoms with Crippen molar-refractivity contribution in [1.29, 1.82) is 0 Å². The van der Waals surface area contributed by atoms with Crippen LogP contribution in [0.25, 0.3) is 0 Å². The Morgan fingerprint density at radius 1 is 1.44 bits per heavy atom. The molecule has 0 fully saturated rings. The average molecular weight is 287 g/mol. The van der Waals surface area contributed by atoms with Gasteiger partial charge < -0.3 is 0 Å². The maximum atomic E-state index is 6.22. The van der Waals surface area contributed by atoms with Gasteiger partial charge in [0.2, 0.25) is 0 Å². The average Bonchev–Trinajstić information content (AvgIpc) is 2.84. The van der Waals surface area contributed by atoms with E-state index in [1.54, 1.807) is 4.68 Å². The molecule has 0 aliphatic heterocycles. The molecule has 2 aromatic heterocycles. The third-order valence-corrected chi connectivity index (χ3v) is 4.30. The van der Waals surface area contributed by atoms with Gasteiger partial charge in [-0.15, -0.1) is 5.10 Å². The Balaban J connectivity index is 2.29. The fraction of sp³-hybridized carbons (Fsp3) is 0.500. The number of halogens is 1. The first-order valence-electron chi connectivity index (χ1n) is 5.47. The summed E-state index contributed by atoms with van der Waals surface area (Å²) >= 11 is 7.57. The van der Waals surface area contributed by atoms with Crippen LogP contribution in [0.4, 0.5) is 0 Å². The molecule has 0 amide bonds. The molecule has 6 nitrogen and oxygen atoms in total. The van der Waals surface area contributed by atoms with Crippen LogP contribution in [0.3, 0.4) is 0 Å². The van der Waals surface area contributed by atoms with Gasteiger partial charge in [0.05, 0.1) is 22.3 Å². The molecule has 0 saturated carbocycles. The number of aromatic nitrogens is 4. The van der Waals surface area contributed by atoms with Gasteiger partial charge in [0.15, 0.2) is 0 Å². The predicted octanol–water partition coefficient (Wildman–Crippen LogP) is 1.29. The van der Waals surface area contributed by atoms with Crippen molar-refractivity contribution in [3.8, 4) is 0 Å². The molecule has 0 saturated heterocycles. The van der Waals surface area contributed by atoms with Gasteiger partial charge >= 0.3 is 0 Å². The van der Waals surface area contributed by atoms with Crippen LogP contribution in [0.5, 0.6) is 0 Å². The molecule has 2 aromatic rings. The van der Waals surface area contributed by atoms with E-state index in [2.05, 4.69) is 20.1 Å². The summed E-state index contributed by atoms with van der Waals surface area (Å²) in [6, 6.07) is -0.0506. The number of rotatable bonds is 4. The molecule has 2 heterocycles. The molecule has 0 aliphatic rings. The minimum atomic E-state index is -0.0506. The zero-order valence-corrected chi connectivity index (χ0v) is 12.0. The van der Waals surface area contributed by atoms with E-state index in [1.807, 2.05) is 20.9 Å². The number of hydrazine groups is 1. The molecule has 0 aromatic carbocycles. The SMILES string of the molecule is Cc1nnsc1C(Cc1c(C)nn(C)c1Cl)NN. The highest BCUT2D eigenvalue weighted by molar-refractivity contribution is 7.05. The minimum absolute atomic E-state index is 0.0506. The normalized spacial score (nSPS) is 12.9. The first kappa shape index (κ1) is 13.4. The van der Waals surface area contributed by atoms with Crippen molar-refractivity contribution in [3.63, 3.8) is 0 Å². The van der Waals surface area contributed by atoms with Crippen LogP contribution in [0.2, 0.25) is 5.15 Å². The Hall–Kier alpha value is -1.02. The van der Waals surface area contributed by atoms with Gasteiger partial charge in [-0.2, -0.15) is 5.10 Å². The molecule has 2 rings (SSSR count). The van der Waals surface area contributed by atoms with E-state index in [9.17, 15) is 0 Å². The van der Waals surface area contributed by atoms with Gasteiger partial charge in [0, 0.05) is 12.6 Å².